The van der Waals surface area contributed by atoms with Crippen molar-refractivity contribution in [3.8, 4) is 5.75 Å². The lowest BCUT2D eigenvalue weighted by atomic mass is 10.2. The molecule has 1 aliphatic rings. The van der Waals surface area contributed by atoms with Crippen molar-refractivity contribution in [2.24, 2.45) is 4.99 Å². The normalized spacial score (nSPS) is 18.8. The molecule has 5 nitrogen and oxygen atoms in total. The van der Waals surface area contributed by atoms with Crippen LogP contribution in [0.25, 0.3) is 0 Å². The summed E-state index contributed by atoms with van der Waals surface area (Å²) in [4.78, 5) is 14.7. The third kappa shape index (κ3) is 1.98. The Balaban J connectivity index is 2.25. The fourth-order valence-corrected chi connectivity index (χ4v) is 1.41. The van der Waals surface area contributed by atoms with Gasteiger partial charge in [0.15, 0.2) is 6.04 Å². The van der Waals surface area contributed by atoms with Gasteiger partial charge in [-0.3, -0.25) is 0 Å². The summed E-state index contributed by atoms with van der Waals surface area (Å²) >= 11 is 0. The van der Waals surface area contributed by atoms with Crippen molar-refractivity contribution in [3.63, 3.8) is 0 Å². The van der Waals surface area contributed by atoms with Crippen molar-refractivity contribution in [1.82, 2.24) is 0 Å². The van der Waals surface area contributed by atoms with Crippen molar-refractivity contribution >= 4 is 11.9 Å². The molecule has 5 heteroatoms. The summed E-state index contributed by atoms with van der Waals surface area (Å²) in [6.07, 6.45) is 0. The molecule has 1 aromatic carbocycles. The zero-order valence-corrected chi connectivity index (χ0v) is 8.71. The van der Waals surface area contributed by atoms with E-state index in [0.717, 1.165) is 5.56 Å². The van der Waals surface area contributed by atoms with Crippen LogP contribution in [0.1, 0.15) is 5.56 Å². The summed E-state index contributed by atoms with van der Waals surface area (Å²) in [7, 11) is 1.57. The molecule has 1 heterocycles. The molecule has 1 N–H and O–H groups in total. The fraction of sp³-hybridized carbons (Fsp3) is 0.273. The predicted molar refractivity (Wildman–Crippen MR) is 56.9 cm³/mol. The molecule has 0 radical (unpaired) electrons. The van der Waals surface area contributed by atoms with Crippen LogP contribution in [0.4, 0.5) is 0 Å². The molecule has 0 aliphatic carbocycles. The second-order valence-corrected chi connectivity index (χ2v) is 3.33. The molecule has 0 spiro atoms. The van der Waals surface area contributed by atoms with Gasteiger partial charge in [-0.25, -0.2) is 9.79 Å². The van der Waals surface area contributed by atoms with Crippen LogP contribution < -0.4 is 4.74 Å². The van der Waals surface area contributed by atoms with Crippen LogP contribution in [0.3, 0.4) is 0 Å². The highest BCUT2D eigenvalue weighted by molar-refractivity contribution is 5.97. The highest BCUT2D eigenvalue weighted by atomic mass is 16.5. The van der Waals surface area contributed by atoms with Crippen LogP contribution in [0.15, 0.2) is 29.3 Å². The van der Waals surface area contributed by atoms with Gasteiger partial charge in [0.25, 0.3) is 0 Å². The van der Waals surface area contributed by atoms with Gasteiger partial charge in [0.2, 0.25) is 5.90 Å². The number of ether oxygens (including phenoxy) is 2. The third-order valence-corrected chi connectivity index (χ3v) is 2.25. The average Bonchev–Trinajstić information content (AvgIpc) is 2.78. The van der Waals surface area contributed by atoms with Gasteiger partial charge in [0.1, 0.15) is 12.4 Å². The average molecular weight is 221 g/mol. The fourth-order valence-electron chi connectivity index (χ4n) is 1.41. The molecule has 1 aliphatic heterocycles. The van der Waals surface area contributed by atoms with Gasteiger partial charge in [-0.15, -0.1) is 0 Å². The van der Waals surface area contributed by atoms with Crippen LogP contribution >= 0.6 is 0 Å². The molecule has 0 saturated heterocycles. The van der Waals surface area contributed by atoms with Gasteiger partial charge >= 0.3 is 5.97 Å². The SMILES string of the molecule is COc1cccc(C2=NC(C(=O)O)CO2)c1. The number of nitrogens with zero attached hydrogens (tertiary/aromatic N) is 1. The summed E-state index contributed by atoms with van der Waals surface area (Å²) < 4.78 is 10.3. The number of carboxylic acid groups (broad SMARTS) is 1. The standard InChI is InChI=1S/C11H11NO4/c1-15-8-4-2-3-7(5-8)10-12-9(6-16-10)11(13)14/h2-5,9H,6H2,1H3,(H,13,14). The molecule has 1 atom stereocenters. The quantitative estimate of drug-likeness (QED) is 0.824. The second-order valence-electron chi connectivity index (χ2n) is 3.33. The van der Waals surface area contributed by atoms with Gasteiger partial charge in [0, 0.05) is 5.56 Å². The van der Waals surface area contributed by atoms with Crippen LogP contribution in [-0.2, 0) is 9.53 Å². The molecular weight excluding hydrogens is 210 g/mol. The van der Waals surface area contributed by atoms with E-state index >= 15 is 0 Å². The van der Waals surface area contributed by atoms with Crippen LogP contribution in [0, 0.1) is 0 Å². The highest BCUT2D eigenvalue weighted by Crippen LogP contribution is 2.17. The van der Waals surface area contributed by atoms with E-state index in [2.05, 4.69) is 4.99 Å². The minimum Gasteiger partial charge on any atom is -0.497 e. The zero-order chi connectivity index (χ0) is 11.5. The van der Waals surface area contributed by atoms with E-state index in [1.54, 1.807) is 31.4 Å². The number of benzene rings is 1. The number of rotatable bonds is 3. The Bertz CT molecular complexity index is 441. The maximum atomic E-state index is 10.7. The van der Waals surface area contributed by atoms with E-state index in [4.69, 9.17) is 14.6 Å². The molecule has 0 saturated carbocycles. The van der Waals surface area contributed by atoms with Gasteiger partial charge in [-0.2, -0.15) is 0 Å². The lowest BCUT2D eigenvalue weighted by Crippen LogP contribution is -2.18. The summed E-state index contributed by atoms with van der Waals surface area (Å²) in [5.74, 6) is 0.0618. The number of methoxy groups -OCH3 is 1. The first-order chi connectivity index (χ1) is 7.70. The van der Waals surface area contributed by atoms with Crippen LogP contribution in [0.2, 0.25) is 0 Å². The van der Waals surface area contributed by atoms with Crippen LogP contribution in [0.5, 0.6) is 5.75 Å². The number of carbonyl (C=O) groups is 1. The molecule has 0 fully saturated rings. The first-order valence-corrected chi connectivity index (χ1v) is 4.78. The van der Waals surface area contributed by atoms with Crippen LogP contribution in [-0.4, -0.2) is 36.7 Å². The van der Waals surface area contributed by atoms with Crippen molar-refractivity contribution in [2.45, 2.75) is 6.04 Å². The number of carboxylic acids is 1. The Morgan fingerprint density at radius 3 is 3.06 bits per heavy atom. The zero-order valence-electron chi connectivity index (χ0n) is 8.71. The van der Waals surface area contributed by atoms with E-state index < -0.39 is 12.0 Å². The topological polar surface area (TPSA) is 68.1 Å². The van der Waals surface area contributed by atoms with Gasteiger partial charge in [-0.05, 0) is 18.2 Å². The number of aliphatic carboxylic acids is 1. The number of aliphatic imine (C=N–C) groups is 1. The molecule has 1 aromatic rings. The lowest BCUT2D eigenvalue weighted by molar-refractivity contribution is -0.138. The second kappa shape index (κ2) is 4.22. The largest absolute Gasteiger partial charge is 0.497 e. The maximum absolute atomic E-state index is 10.7. The molecule has 16 heavy (non-hydrogen) atoms. The van der Waals surface area contributed by atoms with Crippen molar-refractivity contribution in [2.75, 3.05) is 13.7 Å². The number of hydrogen-bond donors (Lipinski definition) is 1. The first kappa shape index (κ1) is 10.5. The Labute approximate surface area is 92.3 Å². The molecule has 2 rings (SSSR count). The molecular formula is C11H11NO4. The summed E-state index contributed by atoms with van der Waals surface area (Å²) in [6, 6.07) is 6.34. The smallest absolute Gasteiger partial charge is 0.332 e. The predicted octanol–water partition coefficient (Wildman–Crippen LogP) is 0.925. The van der Waals surface area contributed by atoms with Crippen molar-refractivity contribution < 1.29 is 19.4 Å². The molecule has 84 valence electrons. The maximum Gasteiger partial charge on any atom is 0.332 e. The van der Waals surface area contributed by atoms with E-state index in [0.29, 0.717) is 11.6 Å². The molecule has 1 unspecified atom stereocenters. The third-order valence-electron chi connectivity index (χ3n) is 2.25. The Hall–Kier alpha value is -2.04. The summed E-state index contributed by atoms with van der Waals surface area (Å²) in [6.45, 7) is 0.0852. The van der Waals surface area contributed by atoms with E-state index in [-0.39, 0.29) is 6.61 Å². The van der Waals surface area contributed by atoms with Crippen molar-refractivity contribution in [1.29, 1.82) is 0 Å². The van der Waals surface area contributed by atoms with E-state index in [1.165, 1.54) is 0 Å². The Kier molecular flexibility index (Phi) is 2.76. The lowest BCUT2D eigenvalue weighted by Gasteiger charge is -2.03. The summed E-state index contributed by atoms with van der Waals surface area (Å²) in [5, 5.41) is 8.77. The van der Waals surface area contributed by atoms with Gasteiger partial charge in [-0.1, -0.05) is 6.07 Å². The highest BCUT2D eigenvalue weighted by Gasteiger charge is 2.25. The number of hydrogen-bond acceptors (Lipinski definition) is 4. The Morgan fingerprint density at radius 2 is 2.44 bits per heavy atom. The first-order valence-electron chi connectivity index (χ1n) is 4.78. The van der Waals surface area contributed by atoms with Gasteiger partial charge in [0.05, 0.1) is 7.11 Å². The summed E-state index contributed by atoms with van der Waals surface area (Å²) in [5.41, 5.74) is 0.725. The minimum atomic E-state index is -0.974. The van der Waals surface area contributed by atoms with E-state index in [1.807, 2.05) is 0 Å². The van der Waals surface area contributed by atoms with E-state index in [9.17, 15) is 4.79 Å². The Morgan fingerprint density at radius 1 is 1.62 bits per heavy atom. The molecule has 0 amide bonds. The van der Waals surface area contributed by atoms with Gasteiger partial charge < -0.3 is 14.6 Å². The monoisotopic (exact) mass is 221 g/mol. The van der Waals surface area contributed by atoms with Crippen molar-refractivity contribution in [3.05, 3.63) is 29.8 Å². The molecule has 0 bridgehead atoms. The minimum absolute atomic E-state index is 0.0852. The molecule has 0 aromatic heterocycles.